The molecule has 0 fully saturated rings. The van der Waals surface area contributed by atoms with E-state index in [-0.39, 0.29) is 11.9 Å². The molecule has 0 bridgehead atoms. The average molecular weight is 293 g/mol. The summed E-state index contributed by atoms with van der Waals surface area (Å²) < 4.78 is 7.32. The highest BCUT2D eigenvalue weighted by molar-refractivity contribution is 7.99. The zero-order chi connectivity index (χ0) is 14.5. The minimum Gasteiger partial charge on any atom is -0.491 e. The Morgan fingerprint density at radius 1 is 1.40 bits per heavy atom. The van der Waals surface area contributed by atoms with Crippen LogP contribution in [0.15, 0.2) is 35.7 Å². The van der Waals surface area contributed by atoms with Gasteiger partial charge in [-0.1, -0.05) is 11.8 Å². The maximum atomic E-state index is 10.6. The standard InChI is InChI=1S/C13H15N3O3S/c1-9(2)19-11-5-3-10(4-6-11)16-8-14-15-13(16)20-7-12(17)18/h3-6,8-9H,7H2,1-2H3,(H,17,18). The van der Waals surface area contributed by atoms with Crippen LogP contribution in [0.25, 0.3) is 5.69 Å². The smallest absolute Gasteiger partial charge is 0.313 e. The first-order valence-corrected chi connectivity index (χ1v) is 7.06. The number of aromatic nitrogens is 3. The van der Waals surface area contributed by atoms with Crippen LogP contribution in [0, 0.1) is 0 Å². The second-order valence-corrected chi connectivity index (χ2v) is 5.27. The van der Waals surface area contributed by atoms with Gasteiger partial charge in [0, 0.05) is 5.69 Å². The predicted molar refractivity (Wildman–Crippen MR) is 75.5 cm³/mol. The summed E-state index contributed by atoms with van der Waals surface area (Å²) in [4.78, 5) is 10.6. The molecule has 2 aromatic rings. The van der Waals surface area contributed by atoms with E-state index in [1.54, 1.807) is 10.9 Å². The molecule has 1 N–H and O–H groups in total. The first-order chi connectivity index (χ1) is 9.56. The van der Waals surface area contributed by atoms with Crippen LogP contribution in [0.5, 0.6) is 5.75 Å². The van der Waals surface area contributed by atoms with E-state index in [1.165, 1.54) is 0 Å². The molecule has 1 aromatic carbocycles. The highest BCUT2D eigenvalue weighted by Gasteiger charge is 2.09. The van der Waals surface area contributed by atoms with Gasteiger partial charge in [0.15, 0.2) is 5.16 Å². The maximum Gasteiger partial charge on any atom is 0.313 e. The Labute approximate surface area is 120 Å². The van der Waals surface area contributed by atoms with Crippen LogP contribution in [-0.4, -0.2) is 37.7 Å². The number of carbonyl (C=O) groups is 1. The van der Waals surface area contributed by atoms with Crippen LogP contribution in [0.4, 0.5) is 0 Å². The van der Waals surface area contributed by atoms with Crippen molar-refractivity contribution in [2.24, 2.45) is 0 Å². The highest BCUT2D eigenvalue weighted by Crippen LogP contribution is 2.21. The Hall–Kier alpha value is -2.02. The van der Waals surface area contributed by atoms with Crippen molar-refractivity contribution < 1.29 is 14.6 Å². The van der Waals surface area contributed by atoms with E-state index in [0.29, 0.717) is 5.16 Å². The third-order valence-electron chi connectivity index (χ3n) is 2.33. The van der Waals surface area contributed by atoms with E-state index in [1.807, 2.05) is 38.1 Å². The van der Waals surface area contributed by atoms with Crippen LogP contribution >= 0.6 is 11.8 Å². The molecular weight excluding hydrogens is 278 g/mol. The van der Waals surface area contributed by atoms with Gasteiger partial charge in [0.1, 0.15) is 12.1 Å². The Morgan fingerprint density at radius 3 is 2.70 bits per heavy atom. The van der Waals surface area contributed by atoms with Crippen molar-refractivity contribution in [2.75, 3.05) is 5.75 Å². The molecule has 6 nitrogen and oxygen atoms in total. The second kappa shape index (κ2) is 6.42. The number of ether oxygens (including phenoxy) is 1. The molecule has 0 radical (unpaired) electrons. The molecule has 106 valence electrons. The fourth-order valence-electron chi connectivity index (χ4n) is 1.58. The molecule has 0 amide bonds. The van der Waals surface area contributed by atoms with Crippen molar-refractivity contribution >= 4 is 17.7 Å². The minimum atomic E-state index is -0.884. The van der Waals surface area contributed by atoms with Gasteiger partial charge in [-0.05, 0) is 38.1 Å². The molecule has 0 aliphatic carbocycles. The number of rotatable bonds is 6. The van der Waals surface area contributed by atoms with Gasteiger partial charge < -0.3 is 9.84 Å². The summed E-state index contributed by atoms with van der Waals surface area (Å²) in [6.45, 7) is 3.93. The van der Waals surface area contributed by atoms with Crippen molar-refractivity contribution in [3.63, 3.8) is 0 Å². The largest absolute Gasteiger partial charge is 0.491 e. The number of carboxylic acid groups (broad SMARTS) is 1. The quantitative estimate of drug-likeness (QED) is 0.823. The lowest BCUT2D eigenvalue weighted by molar-refractivity contribution is -0.133. The Balaban J connectivity index is 2.15. The summed E-state index contributed by atoms with van der Waals surface area (Å²) in [5.74, 6) is -0.144. The minimum absolute atomic E-state index is 0.0484. The number of benzene rings is 1. The first-order valence-electron chi connectivity index (χ1n) is 6.08. The summed E-state index contributed by atoms with van der Waals surface area (Å²) in [6, 6.07) is 7.49. The molecule has 2 rings (SSSR count). The molecule has 0 saturated heterocycles. The van der Waals surface area contributed by atoms with Crippen molar-refractivity contribution in [2.45, 2.75) is 25.1 Å². The Morgan fingerprint density at radius 2 is 2.10 bits per heavy atom. The van der Waals surface area contributed by atoms with Crippen molar-refractivity contribution in [1.29, 1.82) is 0 Å². The zero-order valence-electron chi connectivity index (χ0n) is 11.2. The Bertz CT molecular complexity index is 581. The molecule has 0 unspecified atom stereocenters. The number of carboxylic acids is 1. The normalized spacial score (nSPS) is 10.8. The molecule has 1 aromatic heterocycles. The number of aliphatic carboxylic acids is 1. The van der Waals surface area contributed by atoms with Crippen molar-refractivity contribution in [3.8, 4) is 11.4 Å². The summed E-state index contributed by atoms with van der Waals surface area (Å²) in [5.41, 5.74) is 0.860. The van der Waals surface area contributed by atoms with E-state index in [0.717, 1.165) is 23.2 Å². The van der Waals surface area contributed by atoms with Crippen LogP contribution in [0.1, 0.15) is 13.8 Å². The lowest BCUT2D eigenvalue weighted by Gasteiger charge is -2.10. The van der Waals surface area contributed by atoms with E-state index < -0.39 is 5.97 Å². The van der Waals surface area contributed by atoms with Crippen LogP contribution in [0.2, 0.25) is 0 Å². The zero-order valence-corrected chi connectivity index (χ0v) is 12.0. The molecule has 1 heterocycles. The monoisotopic (exact) mass is 293 g/mol. The summed E-state index contributed by atoms with van der Waals surface area (Å²) in [7, 11) is 0. The molecule has 7 heteroatoms. The molecule has 0 saturated carbocycles. The van der Waals surface area contributed by atoms with Crippen LogP contribution in [-0.2, 0) is 4.79 Å². The number of nitrogens with zero attached hydrogens (tertiary/aromatic N) is 3. The lowest BCUT2D eigenvalue weighted by atomic mass is 10.3. The van der Waals surface area contributed by atoms with E-state index >= 15 is 0 Å². The van der Waals surface area contributed by atoms with Gasteiger partial charge in [-0.15, -0.1) is 10.2 Å². The second-order valence-electron chi connectivity index (χ2n) is 4.33. The van der Waals surface area contributed by atoms with Crippen LogP contribution < -0.4 is 4.74 Å². The molecule has 20 heavy (non-hydrogen) atoms. The third-order valence-corrected chi connectivity index (χ3v) is 3.26. The lowest BCUT2D eigenvalue weighted by Crippen LogP contribution is -2.05. The average Bonchev–Trinajstić information content (AvgIpc) is 2.85. The van der Waals surface area contributed by atoms with Gasteiger partial charge in [-0.2, -0.15) is 0 Å². The molecule has 0 spiro atoms. The third kappa shape index (κ3) is 3.74. The molecular formula is C13H15N3O3S. The van der Waals surface area contributed by atoms with Crippen molar-refractivity contribution in [3.05, 3.63) is 30.6 Å². The number of thioether (sulfide) groups is 1. The van der Waals surface area contributed by atoms with Crippen molar-refractivity contribution in [1.82, 2.24) is 14.8 Å². The summed E-state index contributed by atoms with van der Waals surface area (Å²) in [6.07, 6.45) is 1.68. The van der Waals surface area contributed by atoms with Gasteiger partial charge in [-0.3, -0.25) is 9.36 Å². The number of hydrogen-bond acceptors (Lipinski definition) is 5. The SMILES string of the molecule is CC(C)Oc1ccc(-n2cnnc2SCC(=O)O)cc1. The predicted octanol–water partition coefficient (Wildman–Crippen LogP) is 2.23. The first kappa shape index (κ1) is 14.4. The van der Waals surface area contributed by atoms with E-state index in [2.05, 4.69) is 10.2 Å². The topological polar surface area (TPSA) is 77.2 Å². The molecule has 0 aliphatic rings. The summed E-state index contributed by atoms with van der Waals surface area (Å²) in [5, 5.41) is 17.0. The molecule has 0 atom stereocenters. The van der Waals surface area contributed by atoms with E-state index in [9.17, 15) is 4.79 Å². The van der Waals surface area contributed by atoms with Gasteiger partial charge in [0.25, 0.3) is 0 Å². The van der Waals surface area contributed by atoms with Gasteiger partial charge in [0.05, 0.1) is 11.9 Å². The van der Waals surface area contributed by atoms with Gasteiger partial charge in [0.2, 0.25) is 0 Å². The summed E-state index contributed by atoms with van der Waals surface area (Å²) >= 11 is 1.13. The Kier molecular flexibility index (Phi) is 4.62. The maximum absolute atomic E-state index is 10.6. The molecule has 0 aliphatic heterocycles. The van der Waals surface area contributed by atoms with Gasteiger partial charge in [-0.25, -0.2) is 0 Å². The highest BCUT2D eigenvalue weighted by atomic mass is 32.2. The van der Waals surface area contributed by atoms with Crippen LogP contribution in [0.3, 0.4) is 0 Å². The number of hydrogen-bond donors (Lipinski definition) is 1. The van der Waals surface area contributed by atoms with Gasteiger partial charge >= 0.3 is 5.97 Å². The van der Waals surface area contributed by atoms with E-state index in [4.69, 9.17) is 9.84 Å². The fraction of sp³-hybridized carbons (Fsp3) is 0.308. The fourth-order valence-corrected chi connectivity index (χ4v) is 2.23.